The van der Waals surface area contributed by atoms with Crippen molar-refractivity contribution in [3.05, 3.63) is 36.4 Å². The van der Waals surface area contributed by atoms with Crippen LogP contribution in [0.2, 0.25) is 0 Å². The molecule has 10 nitrogen and oxygen atoms in total. The van der Waals surface area contributed by atoms with Gasteiger partial charge < -0.3 is 18.9 Å². The largest absolute Gasteiger partial charge is 0.427 e. The minimum Gasteiger partial charge on any atom is -0.427 e. The van der Waals surface area contributed by atoms with Gasteiger partial charge in [-0.2, -0.15) is 0 Å². The first-order valence-electron chi connectivity index (χ1n) is 9.90. The quantitative estimate of drug-likeness (QED) is 0.217. The predicted octanol–water partition coefficient (Wildman–Crippen LogP) is 1.27. The van der Waals surface area contributed by atoms with Gasteiger partial charge in [0.05, 0.1) is 23.1 Å². The summed E-state index contributed by atoms with van der Waals surface area (Å²) < 4.78 is 21.5. The first-order valence-corrected chi connectivity index (χ1v) is 9.90. The van der Waals surface area contributed by atoms with E-state index in [9.17, 15) is 24.0 Å². The molecule has 4 atom stereocenters. The number of esters is 3. The SMILES string of the molecule is CC(=O)Oc1ccc(N2C(=O)[C@@H]3[C@H](C2=O)[C@@]2(C(OC(C)=O)OC(C)=O)C=C[C@@]3(C)O2)cc1. The summed E-state index contributed by atoms with van der Waals surface area (Å²) in [6.07, 6.45) is 1.59. The zero-order valence-electron chi connectivity index (χ0n) is 17.8. The molecule has 2 bridgehead atoms. The highest BCUT2D eigenvalue weighted by Crippen LogP contribution is 2.59. The van der Waals surface area contributed by atoms with Gasteiger partial charge in [-0.05, 0) is 37.3 Å². The number of benzene rings is 1. The van der Waals surface area contributed by atoms with Crippen molar-refractivity contribution >= 4 is 35.4 Å². The number of fused-ring (bicyclic) bond motifs is 5. The molecule has 3 heterocycles. The van der Waals surface area contributed by atoms with E-state index in [0.29, 0.717) is 0 Å². The highest BCUT2D eigenvalue weighted by Gasteiger charge is 2.75. The molecule has 32 heavy (non-hydrogen) atoms. The van der Waals surface area contributed by atoms with Gasteiger partial charge in [-0.25, -0.2) is 4.90 Å². The standard InChI is InChI=1S/C22H21NO9/c1-11(24)29-15-7-5-14(6-8-15)23-18(27)16-17(19(23)28)22(10-9-21(16,4)32-22)20(30-12(2)25)31-13(3)26/h5-10,16-17,20H,1-4H3/t16-,17+,21+,22+/m0/s1. The third-order valence-electron chi connectivity index (χ3n) is 5.75. The van der Waals surface area contributed by atoms with Gasteiger partial charge in [-0.15, -0.1) is 0 Å². The summed E-state index contributed by atoms with van der Waals surface area (Å²) in [5, 5.41) is 0. The van der Waals surface area contributed by atoms with E-state index in [1.807, 2.05) is 0 Å². The van der Waals surface area contributed by atoms with Gasteiger partial charge >= 0.3 is 17.9 Å². The second-order valence-electron chi connectivity index (χ2n) is 8.08. The summed E-state index contributed by atoms with van der Waals surface area (Å²) in [4.78, 5) is 62.4. The monoisotopic (exact) mass is 443 g/mol. The Morgan fingerprint density at radius 1 is 0.906 bits per heavy atom. The molecule has 0 unspecified atom stereocenters. The zero-order valence-corrected chi connectivity index (χ0v) is 17.8. The van der Waals surface area contributed by atoms with E-state index in [-0.39, 0.29) is 11.4 Å². The number of hydrogen-bond donors (Lipinski definition) is 0. The van der Waals surface area contributed by atoms with Crippen LogP contribution in [0.3, 0.4) is 0 Å². The van der Waals surface area contributed by atoms with Crippen LogP contribution in [0.5, 0.6) is 5.75 Å². The lowest BCUT2D eigenvalue weighted by atomic mass is 9.72. The Balaban J connectivity index is 1.72. The molecule has 3 aliphatic rings. The summed E-state index contributed by atoms with van der Waals surface area (Å²) in [5.74, 6) is -4.81. The fourth-order valence-electron chi connectivity index (χ4n) is 4.65. The highest BCUT2D eigenvalue weighted by atomic mass is 16.7. The van der Waals surface area contributed by atoms with Crippen molar-refractivity contribution in [3.8, 4) is 5.75 Å². The van der Waals surface area contributed by atoms with Crippen molar-refractivity contribution < 1.29 is 42.9 Å². The molecule has 2 fully saturated rings. The molecular weight excluding hydrogens is 422 g/mol. The minimum absolute atomic E-state index is 0.263. The lowest BCUT2D eigenvalue weighted by molar-refractivity contribution is -0.231. The molecule has 0 N–H and O–H groups in total. The van der Waals surface area contributed by atoms with Gasteiger partial charge in [0, 0.05) is 20.8 Å². The van der Waals surface area contributed by atoms with Gasteiger partial charge in [0.25, 0.3) is 6.29 Å². The van der Waals surface area contributed by atoms with Crippen molar-refractivity contribution in [1.29, 1.82) is 0 Å². The van der Waals surface area contributed by atoms with Crippen LogP contribution in [-0.2, 0) is 38.2 Å². The van der Waals surface area contributed by atoms with Crippen molar-refractivity contribution in [2.45, 2.75) is 45.2 Å². The Morgan fingerprint density at radius 3 is 2.00 bits per heavy atom. The minimum atomic E-state index is -1.64. The number of anilines is 1. The predicted molar refractivity (Wildman–Crippen MR) is 106 cm³/mol. The number of ether oxygens (including phenoxy) is 4. The number of carbonyl (C=O) groups excluding carboxylic acids is 5. The van der Waals surface area contributed by atoms with Gasteiger partial charge in [0.1, 0.15) is 5.75 Å². The van der Waals surface area contributed by atoms with E-state index in [0.717, 1.165) is 18.7 Å². The topological polar surface area (TPSA) is 126 Å². The van der Waals surface area contributed by atoms with E-state index in [2.05, 4.69) is 0 Å². The maximum atomic E-state index is 13.5. The molecule has 2 amide bonds. The first-order chi connectivity index (χ1) is 15.0. The molecule has 0 radical (unpaired) electrons. The Labute approximate surface area is 183 Å². The summed E-state index contributed by atoms with van der Waals surface area (Å²) >= 11 is 0. The van der Waals surface area contributed by atoms with Crippen LogP contribution >= 0.6 is 0 Å². The molecule has 4 rings (SSSR count). The maximum Gasteiger partial charge on any atom is 0.308 e. The Morgan fingerprint density at radius 2 is 1.47 bits per heavy atom. The number of hydrogen-bond acceptors (Lipinski definition) is 9. The molecule has 0 saturated carbocycles. The van der Waals surface area contributed by atoms with Crippen molar-refractivity contribution in [3.63, 3.8) is 0 Å². The highest BCUT2D eigenvalue weighted by molar-refractivity contribution is 6.23. The van der Waals surface area contributed by atoms with Crippen LogP contribution in [-0.4, -0.2) is 47.2 Å². The smallest absolute Gasteiger partial charge is 0.308 e. The molecule has 0 spiro atoms. The third-order valence-corrected chi connectivity index (χ3v) is 5.75. The van der Waals surface area contributed by atoms with Crippen LogP contribution < -0.4 is 9.64 Å². The summed E-state index contributed by atoms with van der Waals surface area (Å²) in [6, 6.07) is 5.89. The van der Waals surface area contributed by atoms with Crippen molar-refractivity contribution in [1.82, 2.24) is 0 Å². The van der Waals surface area contributed by atoms with Gasteiger partial charge in [-0.3, -0.25) is 24.0 Å². The summed E-state index contributed by atoms with van der Waals surface area (Å²) in [5.41, 5.74) is -2.53. The molecule has 168 valence electrons. The Kier molecular flexibility index (Phi) is 4.93. The average molecular weight is 443 g/mol. The Bertz CT molecular complexity index is 1050. The van der Waals surface area contributed by atoms with Crippen LogP contribution in [0.4, 0.5) is 5.69 Å². The molecular formula is C22H21NO9. The third kappa shape index (κ3) is 3.18. The van der Waals surface area contributed by atoms with Crippen molar-refractivity contribution in [2.24, 2.45) is 11.8 Å². The maximum absolute atomic E-state index is 13.5. The fraction of sp³-hybridized carbons (Fsp3) is 0.409. The van der Waals surface area contributed by atoms with Gasteiger partial charge in [-0.1, -0.05) is 6.08 Å². The fourth-order valence-corrected chi connectivity index (χ4v) is 4.65. The number of rotatable bonds is 5. The van der Waals surface area contributed by atoms with E-state index in [1.165, 1.54) is 37.3 Å². The van der Waals surface area contributed by atoms with Crippen LogP contribution in [0, 0.1) is 11.8 Å². The molecule has 10 heteroatoms. The van der Waals surface area contributed by atoms with Crippen LogP contribution in [0.25, 0.3) is 0 Å². The summed E-state index contributed by atoms with van der Waals surface area (Å²) in [6.45, 7) is 5.17. The molecule has 2 saturated heterocycles. The number of imide groups is 1. The Hall–Kier alpha value is -3.53. The van der Waals surface area contributed by atoms with Crippen LogP contribution in [0.15, 0.2) is 36.4 Å². The molecule has 0 aromatic heterocycles. The van der Waals surface area contributed by atoms with Gasteiger partial charge in [0.15, 0.2) is 5.60 Å². The van der Waals surface area contributed by atoms with Crippen molar-refractivity contribution in [2.75, 3.05) is 4.90 Å². The lowest BCUT2D eigenvalue weighted by Gasteiger charge is -2.34. The van der Waals surface area contributed by atoms with Crippen LogP contribution in [0.1, 0.15) is 27.7 Å². The molecule has 0 aliphatic carbocycles. The van der Waals surface area contributed by atoms with E-state index >= 15 is 0 Å². The zero-order chi connectivity index (χ0) is 23.4. The molecule has 1 aromatic carbocycles. The molecule has 3 aliphatic heterocycles. The van der Waals surface area contributed by atoms with Gasteiger partial charge in [0.2, 0.25) is 11.8 Å². The number of amides is 2. The molecule has 1 aromatic rings. The second kappa shape index (κ2) is 7.27. The average Bonchev–Trinajstić information content (AvgIpc) is 3.27. The van der Waals surface area contributed by atoms with E-state index < -0.39 is 59.1 Å². The lowest BCUT2D eigenvalue weighted by Crippen LogP contribution is -2.52. The second-order valence-corrected chi connectivity index (χ2v) is 8.08. The normalized spacial score (nSPS) is 30.0. The van der Waals surface area contributed by atoms with E-state index in [1.54, 1.807) is 13.0 Å². The van der Waals surface area contributed by atoms with E-state index in [4.69, 9.17) is 18.9 Å². The number of carbonyl (C=O) groups is 5. The number of nitrogens with zero attached hydrogens (tertiary/aromatic N) is 1. The first kappa shape index (κ1) is 21.7. The summed E-state index contributed by atoms with van der Waals surface area (Å²) in [7, 11) is 0.